The molecule has 0 spiro atoms. The molecule has 3 aromatic rings. The second kappa shape index (κ2) is 6.56. The van der Waals surface area contributed by atoms with E-state index in [1.54, 1.807) is 33.7 Å². The number of rotatable bonds is 2. The molecule has 27 heavy (non-hydrogen) atoms. The van der Waals surface area contributed by atoms with Crippen molar-refractivity contribution in [2.45, 2.75) is 25.1 Å². The van der Waals surface area contributed by atoms with Gasteiger partial charge in [-0.2, -0.15) is 18.3 Å². The van der Waals surface area contributed by atoms with Crippen molar-refractivity contribution in [3.63, 3.8) is 0 Å². The van der Waals surface area contributed by atoms with E-state index >= 15 is 0 Å². The number of likely N-dealkylation sites (tertiary alicyclic amines) is 1. The highest BCUT2D eigenvalue weighted by Gasteiger charge is 2.35. The van der Waals surface area contributed by atoms with E-state index in [-0.39, 0.29) is 29.3 Å². The molecule has 1 aliphatic rings. The monoisotopic (exact) mass is 397 g/mol. The summed E-state index contributed by atoms with van der Waals surface area (Å²) in [5, 5.41) is 3.74. The van der Waals surface area contributed by atoms with Gasteiger partial charge in [-0.25, -0.2) is 4.98 Å². The molecule has 1 atom stereocenters. The predicted octanol–water partition coefficient (Wildman–Crippen LogP) is 3.68. The molecule has 0 aliphatic carbocycles. The number of carbonyl (C=O) groups excluding carboxylic acids is 1. The zero-order valence-electron chi connectivity index (χ0n) is 14.0. The normalized spacial score (nSPS) is 18.2. The van der Waals surface area contributed by atoms with E-state index in [2.05, 4.69) is 10.1 Å². The van der Waals surface area contributed by atoms with Crippen LogP contribution in [0.15, 0.2) is 36.7 Å². The van der Waals surface area contributed by atoms with Gasteiger partial charge >= 0.3 is 6.18 Å². The summed E-state index contributed by atoms with van der Waals surface area (Å²) in [5.41, 5.74) is -0.124. The van der Waals surface area contributed by atoms with Gasteiger partial charge in [-0.1, -0.05) is 17.7 Å². The van der Waals surface area contributed by atoms with Gasteiger partial charge in [0, 0.05) is 25.5 Å². The largest absolute Gasteiger partial charge is 0.435 e. The van der Waals surface area contributed by atoms with Crippen molar-refractivity contribution in [1.82, 2.24) is 24.1 Å². The van der Waals surface area contributed by atoms with Gasteiger partial charge in [0.25, 0.3) is 5.91 Å². The van der Waals surface area contributed by atoms with E-state index in [1.807, 2.05) is 0 Å². The SMILES string of the molecule is O=C(c1c(Cl)nc2ccccn12)N1CCCC(n2ccc(C(F)(F)F)n2)C1. The first-order valence-electron chi connectivity index (χ1n) is 8.39. The van der Waals surface area contributed by atoms with Crippen molar-refractivity contribution >= 4 is 23.2 Å². The molecule has 1 amide bonds. The van der Waals surface area contributed by atoms with Crippen LogP contribution in [0.2, 0.25) is 5.15 Å². The van der Waals surface area contributed by atoms with Crippen LogP contribution in [0, 0.1) is 0 Å². The molecular formula is C17H15ClF3N5O. The summed E-state index contributed by atoms with van der Waals surface area (Å²) in [5.74, 6) is -0.299. The van der Waals surface area contributed by atoms with E-state index < -0.39 is 11.9 Å². The van der Waals surface area contributed by atoms with Crippen LogP contribution in [0.5, 0.6) is 0 Å². The van der Waals surface area contributed by atoms with Gasteiger partial charge < -0.3 is 4.90 Å². The number of alkyl halides is 3. The molecule has 10 heteroatoms. The summed E-state index contributed by atoms with van der Waals surface area (Å²) >= 11 is 6.17. The molecule has 1 saturated heterocycles. The molecule has 1 fully saturated rings. The van der Waals surface area contributed by atoms with Crippen LogP contribution in [-0.2, 0) is 6.18 Å². The van der Waals surface area contributed by atoms with E-state index in [0.717, 1.165) is 6.07 Å². The lowest BCUT2D eigenvalue weighted by Crippen LogP contribution is -2.41. The second-order valence-electron chi connectivity index (χ2n) is 6.41. The third kappa shape index (κ3) is 3.27. The standard InChI is InChI=1S/C17H15ClF3N5O/c18-15-14(25-8-2-1-5-13(25)22-15)16(27)24-7-3-4-11(10-24)26-9-6-12(23-26)17(19,20)21/h1-2,5-6,8-9,11H,3-4,7,10H2. The molecule has 4 rings (SSSR count). The average molecular weight is 398 g/mol. The van der Waals surface area contributed by atoms with E-state index in [9.17, 15) is 18.0 Å². The maximum Gasteiger partial charge on any atom is 0.435 e. The molecule has 4 heterocycles. The molecule has 142 valence electrons. The first kappa shape index (κ1) is 17.8. The first-order chi connectivity index (χ1) is 12.8. The zero-order chi connectivity index (χ0) is 19.2. The Bertz CT molecular complexity index is 996. The molecule has 3 aromatic heterocycles. The molecule has 0 saturated carbocycles. The topological polar surface area (TPSA) is 55.4 Å². The van der Waals surface area contributed by atoms with Gasteiger partial charge in [0.15, 0.2) is 16.5 Å². The van der Waals surface area contributed by atoms with Gasteiger partial charge in [-0.3, -0.25) is 13.9 Å². The van der Waals surface area contributed by atoms with Crippen LogP contribution in [-0.4, -0.2) is 43.1 Å². The highest BCUT2D eigenvalue weighted by Crippen LogP contribution is 2.30. The lowest BCUT2D eigenvalue weighted by Gasteiger charge is -2.32. The summed E-state index contributed by atoms with van der Waals surface area (Å²) in [6.07, 6.45) is -0.177. The maximum atomic E-state index is 13.0. The summed E-state index contributed by atoms with van der Waals surface area (Å²) in [4.78, 5) is 18.8. The van der Waals surface area contributed by atoms with Crippen LogP contribution >= 0.6 is 11.6 Å². The highest BCUT2D eigenvalue weighted by molar-refractivity contribution is 6.32. The van der Waals surface area contributed by atoms with Gasteiger partial charge in [-0.05, 0) is 31.0 Å². The third-order valence-corrected chi connectivity index (χ3v) is 4.91. The van der Waals surface area contributed by atoms with Crippen molar-refractivity contribution in [3.05, 3.63) is 53.2 Å². The first-order valence-corrected chi connectivity index (χ1v) is 8.76. The van der Waals surface area contributed by atoms with Gasteiger partial charge in [0.2, 0.25) is 0 Å². The smallest absolute Gasteiger partial charge is 0.335 e. The number of hydrogen-bond acceptors (Lipinski definition) is 3. The molecule has 0 N–H and O–H groups in total. The number of hydrogen-bond donors (Lipinski definition) is 0. The molecule has 1 unspecified atom stereocenters. The number of aromatic nitrogens is 4. The van der Waals surface area contributed by atoms with Gasteiger partial charge in [0.05, 0.1) is 6.04 Å². The molecule has 0 aromatic carbocycles. The van der Waals surface area contributed by atoms with Crippen LogP contribution < -0.4 is 0 Å². The molecule has 1 aliphatic heterocycles. The average Bonchev–Trinajstić information content (AvgIpc) is 3.25. The number of fused-ring (bicyclic) bond motifs is 1. The van der Waals surface area contributed by atoms with Gasteiger partial charge in [-0.15, -0.1) is 0 Å². The van der Waals surface area contributed by atoms with Crippen LogP contribution in [0.4, 0.5) is 13.2 Å². The van der Waals surface area contributed by atoms with Crippen molar-refractivity contribution < 1.29 is 18.0 Å². The van der Waals surface area contributed by atoms with E-state index in [0.29, 0.717) is 25.0 Å². The summed E-state index contributed by atoms with van der Waals surface area (Å²) < 4.78 is 41.3. The van der Waals surface area contributed by atoms with Crippen LogP contribution in [0.3, 0.4) is 0 Å². The molecule has 6 nitrogen and oxygen atoms in total. The fraction of sp³-hybridized carbons (Fsp3) is 0.353. The lowest BCUT2D eigenvalue weighted by molar-refractivity contribution is -0.141. The number of piperidine rings is 1. The number of halogens is 4. The Kier molecular flexibility index (Phi) is 4.33. The third-order valence-electron chi connectivity index (χ3n) is 4.65. The highest BCUT2D eigenvalue weighted by atomic mass is 35.5. The van der Waals surface area contributed by atoms with Crippen LogP contribution in [0.25, 0.3) is 5.65 Å². The van der Waals surface area contributed by atoms with Crippen molar-refractivity contribution in [3.8, 4) is 0 Å². The Hall–Kier alpha value is -2.55. The Morgan fingerprint density at radius 3 is 2.78 bits per heavy atom. The Morgan fingerprint density at radius 1 is 1.22 bits per heavy atom. The van der Waals surface area contributed by atoms with E-state index in [4.69, 9.17) is 11.6 Å². The van der Waals surface area contributed by atoms with Crippen LogP contribution in [0.1, 0.15) is 35.1 Å². The Labute approximate surface area is 157 Å². The van der Waals surface area contributed by atoms with Crippen molar-refractivity contribution in [1.29, 1.82) is 0 Å². The van der Waals surface area contributed by atoms with Gasteiger partial charge in [0.1, 0.15) is 5.65 Å². The summed E-state index contributed by atoms with van der Waals surface area (Å²) in [6.45, 7) is 0.757. The maximum absolute atomic E-state index is 13.0. The quantitative estimate of drug-likeness (QED) is 0.663. The number of pyridine rings is 1. The second-order valence-corrected chi connectivity index (χ2v) is 6.76. The number of nitrogens with zero attached hydrogens (tertiary/aromatic N) is 5. The fourth-order valence-corrected chi connectivity index (χ4v) is 3.61. The minimum absolute atomic E-state index is 0.103. The molecule has 0 radical (unpaired) electrons. The Balaban J connectivity index is 1.58. The summed E-state index contributed by atoms with van der Waals surface area (Å²) in [7, 11) is 0. The predicted molar refractivity (Wildman–Crippen MR) is 91.6 cm³/mol. The minimum atomic E-state index is -4.49. The zero-order valence-corrected chi connectivity index (χ0v) is 14.8. The summed E-state index contributed by atoms with van der Waals surface area (Å²) in [6, 6.07) is 5.92. The van der Waals surface area contributed by atoms with Crippen molar-refractivity contribution in [2.75, 3.05) is 13.1 Å². The minimum Gasteiger partial charge on any atom is -0.335 e. The number of carbonyl (C=O) groups is 1. The number of amides is 1. The molecule has 0 bridgehead atoms. The Morgan fingerprint density at radius 2 is 2.04 bits per heavy atom. The number of imidazole rings is 1. The molecular weight excluding hydrogens is 383 g/mol. The fourth-order valence-electron chi connectivity index (χ4n) is 3.36. The lowest BCUT2D eigenvalue weighted by atomic mass is 10.1. The van der Waals surface area contributed by atoms with Crippen molar-refractivity contribution in [2.24, 2.45) is 0 Å². The van der Waals surface area contributed by atoms with E-state index in [1.165, 1.54) is 10.9 Å².